The topological polar surface area (TPSA) is 160 Å². The summed E-state index contributed by atoms with van der Waals surface area (Å²) < 4.78 is 12.7. The summed E-state index contributed by atoms with van der Waals surface area (Å²) in [6.45, 7) is 11.1. The van der Waals surface area contributed by atoms with Crippen LogP contribution >= 0.6 is 0 Å². The molecule has 10 heteroatoms. The molecular weight excluding hydrogens is 542 g/mol. The highest BCUT2D eigenvalue weighted by Crippen LogP contribution is 2.77. The Kier molecular flexibility index (Phi) is 6.48. The zero-order valence-corrected chi connectivity index (χ0v) is 25.6. The monoisotopic (exact) mass is 593 g/mol. The number of hydrogen-bond donors (Lipinski definition) is 6. The Labute approximate surface area is 248 Å². The van der Waals surface area contributed by atoms with E-state index < -0.39 is 82.1 Å². The van der Waals surface area contributed by atoms with Crippen molar-refractivity contribution in [3.8, 4) is 0 Å². The fourth-order valence-corrected chi connectivity index (χ4v) is 11.9. The lowest BCUT2D eigenvalue weighted by Gasteiger charge is -2.63. The van der Waals surface area contributed by atoms with Crippen LogP contribution in [0.1, 0.15) is 79.6 Å². The predicted octanol–water partition coefficient (Wildman–Crippen LogP) is 0.783. The molecular formula is C32H51NO9. The molecule has 0 aromatic carbocycles. The molecule has 4 aliphatic carbocycles. The second-order valence-electron chi connectivity index (χ2n) is 16.0. The molecule has 7 rings (SSSR count). The standard InChI is InChI=1S/C32H51NO9/c1-6-16(3)27(37)41-22-9-10-28(4)20-11-19(34)25-30(28,42-32(20,22)40)12-18-17-14-33-13-15(2)7-8-21(33)29(5,38)23(17)24(35)26(36)31(18,25)39/h15-26,34-36,38-40H,6-14H2,1-5H3/t15-,16+,17-,18-,19+,20-,21-,22-,23+,24+,25+,26-,28-,29+,30+,31-,32+/m0/s1. The Hall–Kier alpha value is -0.850. The molecule has 3 saturated heterocycles. The highest BCUT2D eigenvalue weighted by molar-refractivity contribution is 5.72. The van der Waals surface area contributed by atoms with Crippen LogP contribution in [0.3, 0.4) is 0 Å². The molecule has 1 spiro atoms. The number of piperidine rings is 2. The molecule has 238 valence electrons. The van der Waals surface area contributed by atoms with Gasteiger partial charge in [0, 0.05) is 42.3 Å². The van der Waals surface area contributed by atoms with E-state index in [4.69, 9.17) is 9.47 Å². The van der Waals surface area contributed by atoms with E-state index in [9.17, 15) is 35.4 Å². The maximum Gasteiger partial charge on any atom is 0.309 e. The van der Waals surface area contributed by atoms with E-state index in [1.54, 1.807) is 13.8 Å². The molecule has 6 N–H and O–H groups in total. The van der Waals surface area contributed by atoms with Crippen LogP contribution in [-0.4, -0.2) is 108 Å². The first-order chi connectivity index (χ1) is 19.6. The van der Waals surface area contributed by atoms with E-state index in [2.05, 4.69) is 11.8 Å². The van der Waals surface area contributed by atoms with Crippen molar-refractivity contribution in [2.45, 2.75) is 133 Å². The first kappa shape index (κ1) is 29.8. The van der Waals surface area contributed by atoms with Gasteiger partial charge in [-0.2, -0.15) is 0 Å². The van der Waals surface area contributed by atoms with Crippen molar-refractivity contribution < 1.29 is 44.9 Å². The van der Waals surface area contributed by atoms with Gasteiger partial charge in [-0.15, -0.1) is 0 Å². The first-order valence-corrected chi connectivity index (χ1v) is 16.4. The molecule has 0 aromatic rings. The van der Waals surface area contributed by atoms with Crippen molar-refractivity contribution in [2.24, 2.45) is 46.8 Å². The van der Waals surface area contributed by atoms with Crippen LogP contribution in [0.5, 0.6) is 0 Å². The number of nitrogens with zero attached hydrogens (tertiary/aromatic N) is 1. The maximum atomic E-state index is 12.8. The lowest BCUT2D eigenvalue weighted by atomic mass is 9.49. The molecule has 17 atom stereocenters. The van der Waals surface area contributed by atoms with Gasteiger partial charge in [0.05, 0.1) is 29.3 Å². The minimum absolute atomic E-state index is 0.117. The SMILES string of the molecule is CC[C@@H](C)C(=O)O[C@H]1CC[C@@]2(C)[C@@H]3C[C@@H](O)[C@H]4[C@]5(O)[C@@H](O)[C@H](O)[C@H]6[C@@H](CN7C[C@@H](C)CC[C@H]7[C@@]6(C)O)[C@@H]5C[C@@]42O[C@@]13O. The average molecular weight is 594 g/mol. The Morgan fingerprint density at radius 2 is 1.81 bits per heavy atom. The Bertz CT molecular complexity index is 1140. The largest absolute Gasteiger partial charge is 0.456 e. The van der Waals surface area contributed by atoms with E-state index in [-0.39, 0.29) is 30.7 Å². The molecule has 4 saturated carbocycles. The fraction of sp³-hybridized carbons (Fsp3) is 0.969. The van der Waals surface area contributed by atoms with E-state index in [0.29, 0.717) is 31.7 Å². The quantitative estimate of drug-likeness (QED) is 0.258. The highest BCUT2D eigenvalue weighted by Gasteiger charge is 2.86. The third-order valence-corrected chi connectivity index (χ3v) is 14.1. The lowest BCUT2D eigenvalue weighted by Crippen LogP contribution is -2.76. The summed E-state index contributed by atoms with van der Waals surface area (Å²) in [7, 11) is 0. The van der Waals surface area contributed by atoms with Crippen LogP contribution in [-0.2, 0) is 14.3 Å². The summed E-state index contributed by atoms with van der Waals surface area (Å²) in [6, 6.07) is -0.152. The molecule has 7 aliphatic rings. The average Bonchev–Trinajstić information content (AvgIpc) is 3.21. The maximum absolute atomic E-state index is 12.8. The third kappa shape index (κ3) is 3.36. The van der Waals surface area contributed by atoms with E-state index in [1.807, 2.05) is 13.8 Å². The second-order valence-corrected chi connectivity index (χ2v) is 16.0. The molecule has 10 nitrogen and oxygen atoms in total. The number of hydrogen-bond acceptors (Lipinski definition) is 10. The normalized spacial score (nSPS) is 60.6. The summed E-state index contributed by atoms with van der Waals surface area (Å²) in [4.78, 5) is 15.1. The number of esters is 1. The molecule has 4 bridgehead atoms. The number of aliphatic hydroxyl groups is 6. The van der Waals surface area contributed by atoms with Gasteiger partial charge >= 0.3 is 5.97 Å². The van der Waals surface area contributed by atoms with Crippen LogP contribution < -0.4 is 0 Å². The van der Waals surface area contributed by atoms with Crippen molar-refractivity contribution in [3.63, 3.8) is 0 Å². The van der Waals surface area contributed by atoms with Gasteiger partial charge in [-0.25, -0.2) is 0 Å². The summed E-state index contributed by atoms with van der Waals surface area (Å²) >= 11 is 0. The Morgan fingerprint density at radius 1 is 1.10 bits per heavy atom. The van der Waals surface area contributed by atoms with Crippen molar-refractivity contribution in [3.05, 3.63) is 0 Å². The summed E-state index contributed by atoms with van der Waals surface area (Å²) in [5.41, 5.74) is -5.07. The molecule has 42 heavy (non-hydrogen) atoms. The molecule has 0 aromatic heterocycles. The molecule has 7 fully saturated rings. The smallest absolute Gasteiger partial charge is 0.309 e. The lowest BCUT2D eigenvalue weighted by molar-refractivity contribution is -0.297. The zero-order valence-electron chi connectivity index (χ0n) is 25.6. The Balaban J connectivity index is 1.31. The molecule has 3 heterocycles. The zero-order chi connectivity index (χ0) is 30.4. The van der Waals surface area contributed by atoms with Crippen LogP contribution in [0.2, 0.25) is 0 Å². The number of rotatable bonds is 3. The van der Waals surface area contributed by atoms with Crippen LogP contribution in [0.25, 0.3) is 0 Å². The summed E-state index contributed by atoms with van der Waals surface area (Å²) in [6.07, 6.45) is -1.31. The number of carbonyl (C=O) groups is 1. The van der Waals surface area contributed by atoms with Crippen molar-refractivity contribution >= 4 is 5.97 Å². The number of carbonyl (C=O) groups excluding carboxylic acids is 1. The molecule has 0 amide bonds. The summed E-state index contributed by atoms with van der Waals surface area (Å²) in [5.74, 6) is -5.24. The second kappa shape index (κ2) is 9.12. The van der Waals surface area contributed by atoms with Crippen molar-refractivity contribution in [2.75, 3.05) is 13.1 Å². The Morgan fingerprint density at radius 3 is 2.50 bits per heavy atom. The van der Waals surface area contributed by atoms with Gasteiger partial charge in [0.25, 0.3) is 0 Å². The van der Waals surface area contributed by atoms with Gasteiger partial charge in [0.2, 0.25) is 5.79 Å². The number of ether oxygens (including phenoxy) is 2. The minimum atomic E-state index is -1.89. The van der Waals surface area contributed by atoms with Crippen LogP contribution in [0.4, 0.5) is 0 Å². The third-order valence-electron chi connectivity index (χ3n) is 14.1. The van der Waals surface area contributed by atoms with Gasteiger partial charge in [0.1, 0.15) is 11.7 Å². The minimum Gasteiger partial charge on any atom is -0.456 e. The number of aliphatic hydroxyl groups excluding tert-OH is 3. The van der Waals surface area contributed by atoms with Crippen molar-refractivity contribution in [1.29, 1.82) is 0 Å². The van der Waals surface area contributed by atoms with Gasteiger partial charge in [-0.05, 0) is 69.6 Å². The van der Waals surface area contributed by atoms with Crippen LogP contribution in [0.15, 0.2) is 0 Å². The van der Waals surface area contributed by atoms with E-state index >= 15 is 0 Å². The molecule has 0 unspecified atom stereocenters. The van der Waals surface area contributed by atoms with Crippen molar-refractivity contribution in [1.82, 2.24) is 4.90 Å². The molecule has 3 aliphatic heterocycles. The predicted molar refractivity (Wildman–Crippen MR) is 149 cm³/mol. The van der Waals surface area contributed by atoms with E-state index in [1.165, 1.54) is 0 Å². The fourth-order valence-electron chi connectivity index (χ4n) is 11.9. The van der Waals surface area contributed by atoms with Gasteiger partial charge < -0.3 is 40.1 Å². The molecule has 0 radical (unpaired) electrons. The summed E-state index contributed by atoms with van der Waals surface area (Å²) in [5, 5.41) is 72.3. The van der Waals surface area contributed by atoms with Gasteiger partial charge in [0.15, 0.2) is 6.10 Å². The first-order valence-electron chi connectivity index (χ1n) is 16.4. The highest BCUT2D eigenvalue weighted by atomic mass is 16.7. The van der Waals surface area contributed by atoms with Gasteiger partial charge in [-0.3, -0.25) is 9.69 Å². The van der Waals surface area contributed by atoms with Gasteiger partial charge in [-0.1, -0.05) is 27.7 Å². The number of fused-ring (bicyclic) bond motifs is 5. The van der Waals surface area contributed by atoms with Crippen LogP contribution in [0, 0.1) is 46.8 Å². The van der Waals surface area contributed by atoms with E-state index in [0.717, 1.165) is 19.4 Å².